The zero-order valence-corrected chi connectivity index (χ0v) is 10.8. The Balaban J connectivity index is 2.73. The second kappa shape index (κ2) is 5.68. The molecule has 1 amide bonds. The lowest BCUT2D eigenvalue weighted by molar-refractivity contribution is -0.144. The first-order valence-electron chi connectivity index (χ1n) is 5.08. The van der Waals surface area contributed by atoms with Crippen molar-refractivity contribution < 1.29 is 18.0 Å². The Labute approximate surface area is 107 Å². The van der Waals surface area contributed by atoms with Gasteiger partial charge in [-0.2, -0.15) is 13.2 Å². The molecule has 1 rings (SSSR count). The van der Waals surface area contributed by atoms with Crippen LogP contribution < -0.4 is 11.3 Å². The Hall–Kier alpha value is -1.12. The summed E-state index contributed by atoms with van der Waals surface area (Å²) < 4.78 is 36.5. The number of carbonyl (C=O) groups excluding carboxylic acids is 1. The van der Waals surface area contributed by atoms with E-state index in [4.69, 9.17) is 5.84 Å². The van der Waals surface area contributed by atoms with Crippen molar-refractivity contribution in [1.82, 2.24) is 10.3 Å². The summed E-state index contributed by atoms with van der Waals surface area (Å²) >= 11 is 1.21. The fourth-order valence-electron chi connectivity index (χ4n) is 1.51. The molecule has 0 fully saturated rings. The number of hydrogen-bond acceptors (Lipinski definition) is 4. The smallest absolute Gasteiger partial charge is 0.294 e. The number of nitrogen functional groups attached to an aromatic ring is 1. The average molecular weight is 281 g/mol. The van der Waals surface area contributed by atoms with Crippen LogP contribution in [0.25, 0.3) is 0 Å². The minimum absolute atomic E-state index is 0.139. The van der Waals surface area contributed by atoms with Crippen molar-refractivity contribution >= 4 is 17.2 Å². The molecule has 3 N–H and O–H groups in total. The Morgan fingerprint density at radius 3 is 2.67 bits per heavy atom. The van der Waals surface area contributed by atoms with E-state index < -0.39 is 18.6 Å². The second-order valence-electron chi connectivity index (χ2n) is 3.95. The van der Waals surface area contributed by atoms with Gasteiger partial charge in [-0.15, -0.1) is 11.3 Å². The van der Waals surface area contributed by atoms with Crippen molar-refractivity contribution in [3.63, 3.8) is 0 Å². The summed E-state index contributed by atoms with van der Waals surface area (Å²) in [6.45, 7) is 0.912. The van der Waals surface area contributed by atoms with Gasteiger partial charge in [0.25, 0.3) is 5.91 Å². The first-order chi connectivity index (χ1) is 8.23. The van der Waals surface area contributed by atoms with Gasteiger partial charge in [0, 0.05) is 11.4 Å². The zero-order chi connectivity index (χ0) is 13.9. The highest BCUT2D eigenvalue weighted by Crippen LogP contribution is 2.24. The van der Waals surface area contributed by atoms with Gasteiger partial charge in [0.1, 0.15) is 0 Å². The molecular formula is C10H14F3N3OS. The maximum absolute atomic E-state index is 12.2. The van der Waals surface area contributed by atoms with Gasteiger partial charge < -0.3 is 0 Å². The van der Waals surface area contributed by atoms with Crippen molar-refractivity contribution in [2.24, 2.45) is 5.84 Å². The number of amides is 1. The first-order valence-corrected chi connectivity index (χ1v) is 5.90. The highest BCUT2D eigenvalue weighted by atomic mass is 32.1. The summed E-state index contributed by atoms with van der Waals surface area (Å²) in [7, 11) is 1.38. The monoisotopic (exact) mass is 281 g/mol. The lowest BCUT2D eigenvalue weighted by atomic mass is 10.2. The number of nitrogens with two attached hydrogens (primary N) is 1. The minimum atomic E-state index is -4.23. The number of halogens is 3. The van der Waals surface area contributed by atoms with E-state index in [-0.39, 0.29) is 6.54 Å². The molecule has 0 radical (unpaired) electrons. The van der Waals surface area contributed by atoms with Gasteiger partial charge in [0.05, 0.1) is 11.4 Å². The highest BCUT2D eigenvalue weighted by Gasteiger charge is 2.29. The molecule has 0 bridgehead atoms. The van der Waals surface area contributed by atoms with Gasteiger partial charge in [-0.1, -0.05) is 0 Å². The Morgan fingerprint density at radius 1 is 1.56 bits per heavy atom. The Kier molecular flexibility index (Phi) is 4.71. The van der Waals surface area contributed by atoms with Crippen LogP contribution in [0.5, 0.6) is 0 Å². The van der Waals surface area contributed by atoms with E-state index >= 15 is 0 Å². The van der Waals surface area contributed by atoms with E-state index in [9.17, 15) is 18.0 Å². The van der Waals surface area contributed by atoms with Gasteiger partial charge in [-0.25, -0.2) is 5.84 Å². The molecule has 0 atom stereocenters. The number of nitrogens with zero attached hydrogens (tertiary/aromatic N) is 1. The standard InChI is InChI=1S/C10H14F3N3OS/c1-6-7(3-8(18-6)9(17)15-14)4-16(2)5-10(11,12)13/h3H,4-5,14H2,1-2H3,(H,15,17). The van der Waals surface area contributed by atoms with Crippen LogP contribution in [0.1, 0.15) is 20.1 Å². The van der Waals surface area contributed by atoms with E-state index in [1.54, 1.807) is 13.0 Å². The van der Waals surface area contributed by atoms with Crippen molar-refractivity contribution in [3.8, 4) is 0 Å². The molecule has 102 valence electrons. The molecule has 0 aliphatic carbocycles. The maximum atomic E-state index is 12.2. The summed E-state index contributed by atoms with van der Waals surface area (Å²) in [4.78, 5) is 13.6. The van der Waals surface area contributed by atoms with Crippen molar-refractivity contribution in [2.75, 3.05) is 13.6 Å². The van der Waals surface area contributed by atoms with Gasteiger partial charge in [0.15, 0.2) is 0 Å². The van der Waals surface area contributed by atoms with Crippen LogP contribution in [0.15, 0.2) is 6.07 Å². The second-order valence-corrected chi connectivity index (χ2v) is 5.21. The van der Waals surface area contributed by atoms with E-state index in [0.717, 1.165) is 9.78 Å². The van der Waals surface area contributed by atoms with E-state index in [0.29, 0.717) is 10.4 Å². The van der Waals surface area contributed by atoms with Crippen molar-refractivity contribution in [2.45, 2.75) is 19.6 Å². The zero-order valence-electron chi connectivity index (χ0n) is 9.97. The minimum Gasteiger partial charge on any atom is -0.294 e. The molecule has 0 aromatic carbocycles. The quantitative estimate of drug-likeness (QED) is 0.501. The molecule has 8 heteroatoms. The number of hydrogen-bond donors (Lipinski definition) is 2. The van der Waals surface area contributed by atoms with Crippen LogP contribution in [-0.4, -0.2) is 30.6 Å². The number of aryl methyl sites for hydroxylation is 1. The fraction of sp³-hybridized carbons (Fsp3) is 0.500. The summed E-state index contributed by atoms with van der Waals surface area (Å²) in [5.74, 6) is 4.56. The summed E-state index contributed by atoms with van der Waals surface area (Å²) in [6, 6.07) is 1.56. The largest absolute Gasteiger partial charge is 0.401 e. The molecule has 4 nitrogen and oxygen atoms in total. The number of nitrogens with one attached hydrogen (secondary N) is 1. The third-order valence-electron chi connectivity index (χ3n) is 2.26. The van der Waals surface area contributed by atoms with Crippen LogP contribution in [0.2, 0.25) is 0 Å². The summed E-state index contributed by atoms with van der Waals surface area (Å²) in [6.07, 6.45) is -4.23. The lowest BCUT2D eigenvalue weighted by Gasteiger charge is -2.18. The van der Waals surface area contributed by atoms with Gasteiger partial charge >= 0.3 is 6.18 Å². The number of hydrazine groups is 1. The van der Waals surface area contributed by atoms with Crippen LogP contribution >= 0.6 is 11.3 Å². The Morgan fingerprint density at radius 2 is 2.17 bits per heavy atom. The Bertz CT molecular complexity index is 430. The van der Waals surface area contributed by atoms with Gasteiger partial charge in [-0.05, 0) is 25.6 Å². The topological polar surface area (TPSA) is 58.4 Å². The molecule has 0 aliphatic heterocycles. The number of thiophene rings is 1. The molecule has 0 saturated carbocycles. The molecule has 0 unspecified atom stereocenters. The van der Waals surface area contributed by atoms with E-state index in [2.05, 4.69) is 0 Å². The normalized spacial score (nSPS) is 11.9. The predicted octanol–water partition coefficient (Wildman–Crippen LogP) is 1.65. The molecule has 0 saturated heterocycles. The molecule has 1 aromatic heterocycles. The molecule has 18 heavy (non-hydrogen) atoms. The summed E-state index contributed by atoms with van der Waals surface area (Å²) in [5.41, 5.74) is 2.69. The third kappa shape index (κ3) is 4.28. The van der Waals surface area contributed by atoms with Crippen LogP contribution in [0.3, 0.4) is 0 Å². The number of carbonyl (C=O) groups is 1. The molecular weight excluding hydrogens is 267 g/mol. The average Bonchev–Trinajstić information content (AvgIpc) is 2.56. The van der Waals surface area contributed by atoms with Crippen molar-refractivity contribution in [3.05, 3.63) is 21.4 Å². The van der Waals surface area contributed by atoms with Crippen molar-refractivity contribution in [1.29, 1.82) is 0 Å². The van der Waals surface area contributed by atoms with Crippen LogP contribution in [0, 0.1) is 6.92 Å². The number of rotatable bonds is 4. The van der Waals surface area contributed by atoms with Crippen LogP contribution in [-0.2, 0) is 6.54 Å². The third-order valence-corrected chi connectivity index (χ3v) is 3.36. The molecule has 1 aromatic rings. The van der Waals surface area contributed by atoms with E-state index in [1.165, 1.54) is 18.4 Å². The fourth-order valence-corrected chi connectivity index (χ4v) is 2.45. The van der Waals surface area contributed by atoms with E-state index in [1.807, 2.05) is 5.43 Å². The highest BCUT2D eigenvalue weighted by molar-refractivity contribution is 7.14. The van der Waals surface area contributed by atoms with Gasteiger partial charge in [0.2, 0.25) is 0 Å². The lowest BCUT2D eigenvalue weighted by Crippen LogP contribution is -2.30. The molecule has 1 heterocycles. The number of alkyl halides is 3. The summed E-state index contributed by atoms with van der Waals surface area (Å²) in [5, 5.41) is 0. The van der Waals surface area contributed by atoms with Gasteiger partial charge in [-0.3, -0.25) is 15.1 Å². The molecule has 0 spiro atoms. The predicted molar refractivity (Wildman–Crippen MR) is 63.1 cm³/mol. The maximum Gasteiger partial charge on any atom is 0.401 e. The molecule has 0 aliphatic rings. The van der Waals surface area contributed by atoms with Crippen LogP contribution in [0.4, 0.5) is 13.2 Å². The first kappa shape index (κ1) is 14.9. The SMILES string of the molecule is Cc1sc(C(=O)NN)cc1CN(C)CC(F)(F)F.